The molecule has 0 saturated heterocycles. The van der Waals surface area contributed by atoms with Gasteiger partial charge >= 0.3 is 0 Å². The molecule has 1 aliphatic heterocycles. The van der Waals surface area contributed by atoms with Crippen LogP contribution in [0.25, 0.3) is 0 Å². The number of ether oxygens (including phenoxy) is 2. The number of benzene rings is 2. The van der Waals surface area contributed by atoms with E-state index in [1.807, 2.05) is 32.0 Å². The highest BCUT2D eigenvalue weighted by atomic mass is 16.7. The van der Waals surface area contributed by atoms with Crippen LogP contribution in [0.1, 0.15) is 53.3 Å². The Balaban J connectivity index is 1.50. The Morgan fingerprint density at radius 2 is 1.78 bits per heavy atom. The zero-order valence-corrected chi connectivity index (χ0v) is 18.8. The number of aryl methyl sites for hydroxylation is 1. The molecule has 0 radical (unpaired) electrons. The number of rotatable bonds is 9. The molecule has 1 aliphatic rings. The van der Waals surface area contributed by atoms with E-state index in [1.165, 1.54) is 17.4 Å². The van der Waals surface area contributed by atoms with Crippen LogP contribution in [0, 0.1) is 6.92 Å². The third-order valence-corrected chi connectivity index (χ3v) is 5.50. The fraction of sp³-hybridized carbons (Fsp3) is 0.360. The number of aromatic nitrogens is 1. The van der Waals surface area contributed by atoms with E-state index in [0.29, 0.717) is 31.2 Å². The predicted molar refractivity (Wildman–Crippen MR) is 120 cm³/mol. The minimum atomic E-state index is -0.213. The van der Waals surface area contributed by atoms with Crippen molar-refractivity contribution in [3.05, 3.63) is 77.0 Å². The van der Waals surface area contributed by atoms with E-state index < -0.39 is 0 Å². The van der Waals surface area contributed by atoms with Crippen LogP contribution in [0.2, 0.25) is 0 Å². The lowest BCUT2D eigenvalue weighted by atomic mass is 10.1. The largest absolute Gasteiger partial charge is 0.454 e. The van der Waals surface area contributed by atoms with Gasteiger partial charge in [-0.3, -0.25) is 9.69 Å². The van der Waals surface area contributed by atoms with Crippen LogP contribution >= 0.6 is 0 Å². The molecule has 0 fully saturated rings. The number of carbonyl (C=O) groups is 1. The predicted octanol–water partition coefficient (Wildman–Crippen LogP) is 4.44. The summed E-state index contributed by atoms with van der Waals surface area (Å²) in [6.07, 6.45) is 2.29. The van der Waals surface area contributed by atoms with Crippen molar-refractivity contribution in [2.45, 2.75) is 52.9 Å². The summed E-state index contributed by atoms with van der Waals surface area (Å²) in [7, 11) is 0. The van der Waals surface area contributed by atoms with Crippen LogP contribution in [0.15, 0.2) is 53.1 Å². The van der Waals surface area contributed by atoms with Crippen molar-refractivity contribution < 1.29 is 18.7 Å². The summed E-state index contributed by atoms with van der Waals surface area (Å²) < 4.78 is 16.6. The minimum Gasteiger partial charge on any atom is -0.454 e. The van der Waals surface area contributed by atoms with E-state index in [0.717, 1.165) is 23.5 Å². The zero-order chi connectivity index (χ0) is 22.5. The number of amides is 1. The standard InChI is InChI=1S/C25H29N3O4/c1-4-18(3)26-25(29)21-15-30-24(27-21)14-28(12-19-7-5-17(2)6-8-19)13-20-9-10-22-23(11-20)32-16-31-22/h5-11,15,18H,4,12-14,16H2,1-3H3,(H,26,29). The molecule has 4 rings (SSSR count). The van der Waals surface area contributed by atoms with Gasteiger partial charge in [-0.1, -0.05) is 42.8 Å². The molecule has 1 unspecified atom stereocenters. The van der Waals surface area contributed by atoms with Crippen LogP contribution in [-0.2, 0) is 19.6 Å². The van der Waals surface area contributed by atoms with Gasteiger partial charge < -0.3 is 19.2 Å². The van der Waals surface area contributed by atoms with E-state index >= 15 is 0 Å². The van der Waals surface area contributed by atoms with Gasteiger partial charge in [-0.2, -0.15) is 0 Å². The summed E-state index contributed by atoms with van der Waals surface area (Å²) >= 11 is 0. The summed E-state index contributed by atoms with van der Waals surface area (Å²) in [6, 6.07) is 14.5. The first-order valence-corrected chi connectivity index (χ1v) is 10.9. The first kappa shape index (κ1) is 21.9. The van der Waals surface area contributed by atoms with Crippen molar-refractivity contribution in [3.63, 3.8) is 0 Å². The maximum Gasteiger partial charge on any atom is 0.273 e. The monoisotopic (exact) mass is 435 g/mol. The van der Waals surface area contributed by atoms with Gasteiger partial charge in [0.1, 0.15) is 6.26 Å². The summed E-state index contributed by atoms with van der Waals surface area (Å²) in [4.78, 5) is 19.0. The van der Waals surface area contributed by atoms with Crippen molar-refractivity contribution in [2.75, 3.05) is 6.79 Å². The van der Waals surface area contributed by atoms with Gasteiger partial charge in [-0.25, -0.2) is 4.98 Å². The van der Waals surface area contributed by atoms with E-state index in [4.69, 9.17) is 13.9 Å². The van der Waals surface area contributed by atoms with Gasteiger partial charge in [-0.05, 0) is 43.5 Å². The fourth-order valence-electron chi connectivity index (χ4n) is 3.50. The second kappa shape index (κ2) is 9.87. The first-order valence-electron chi connectivity index (χ1n) is 10.9. The molecule has 2 aromatic carbocycles. The molecule has 7 heteroatoms. The van der Waals surface area contributed by atoms with Crippen molar-refractivity contribution >= 4 is 5.91 Å². The molecule has 2 heterocycles. The number of oxazole rings is 1. The van der Waals surface area contributed by atoms with Crippen molar-refractivity contribution in [2.24, 2.45) is 0 Å². The molecular formula is C25H29N3O4. The summed E-state index contributed by atoms with van der Waals surface area (Å²) in [5.74, 6) is 1.82. The Morgan fingerprint density at radius 3 is 2.56 bits per heavy atom. The number of hydrogen-bond acceptors (Lipinski definition) is 6. The highest BCUT2D eigenvalue weighted by Gasteiger charge is 2.18. The smallest absolute Gasteiger partial charge is 0.273 e. The third kappa shape index (κ3) is 5.48. The fourth-order valence-corrected chi connectivity index (χ4v) is 3.50. The van der Waals surface area contributed by atoms with Gasteiger partial charge in [0.2, 0.25) is 12.7 Å². The third-order valence-electron chi connectivity index (χ3n) is 5.50. The number of nitrogens with one attached hydrogen (secondary N) is 1. The summed E-state index contributed by atoms with van der Waals surface area (Å²) in [5.41, 5.74) is 3.82. The maximum atomic E-state index is 12.4. The van der Waals surface area contributed by atoms with Gasteiger partial charge in [0.05, 0.1) is 6.54 Å². The Morgan fingerprint density at radius 1 is 1.06 bits per heavy atom. The lowest BCUT2D eigenvalue weighted by Gasteiger charge is -2.21. The van der Waals surface area contributed by atoms with E-state index in [2.05, 4.69) is 46.4 Å². The van der Waals surface area contributed by atoms with Gasteiger partial charge in [0, 0.05) is 19.1 Å². The molecule has 7 nitrogen and oxygen atoms in total. The van der Waals surface area contributed by atoms with Crippen LogP contribution in [-0.4, -0.2) is 28.6 Å². The Bertz CT molecular complexity index is 1060. The Kier molecular flexibility index (Phi) is 6.75. The average molecular weight is 436 g/mol. The van der Waals surface area contributed by atoms with E-state index in [-0.39, 0.29) is 18.7 Å². The van der Waals surface area contributed by atoms with E-state index in [9.17, 15) is 4.79 Å². The minimum absolute atomic E-state index is 0.0895. The maximum absolute atomic E-state index is 12.4. The SMILES string of the molecule is CCC(C)NC(=O)c1coc(CN(Cc2ccc(C)cc2)Cc2ccc3c(c2)OCO3)n1. The van der Waals surface area contributed by atoms with Crippen molar-refractivity contribution in [1.82, 2.24) is 15.2 Å². The van der Waals surface area contributed by atoms with Gasteiger partial charge in [0.25, 0.3) is 5.91 Å². The number of fused-ring (bicyclic) bond motifs is 1. The summed E-state index contributed by atoms with van der Waals surface area (Å²) in [6.45, 7) is 8.17. The highest BCUT2D eigenvalue weighted by Crippen LogP contribution is 2.33. The first-order chi connectivity index (χ1) is 15.5. The second-order valence-electron chi connectivity index (χ2n) is 8.23. The molecule has 3 aromatic rings. The molecule has 1 N–H and O–H groups in total. The van der Waals surface area contributed by atoms with Crippen LogP contribution < -0.4 is 14.8 Å². The number of carbonyl (C=O) groups excluding carboxylic acids is 1. The molecular weight excluding hydrogens is 406 g/mol. The molecule has 1 aromatic heterocycles. The quantitative estimate of drug-likeness (QED) is 0.535. The summed E-state index contributed by atoms with van der Waals surface area (Å²) in [5, 5.41) is 2.92. The molecule has 1 atom stereocenters. The van der Waals surface area contributed by atoms with Crippen LogP contribution in [0.4, 0.5) is 0 Å². The molecule has 1 amide bonds. The van der Waals surface area contributed by atoms with Crippen LogP contribution in [0.5, 0.6) is 11.5 Å². The lowest BCUT2D eigenvalue weighted by Crippen LogP contribution is -2.32. The van der Waals surface area contributed by atoms with Crippen LogP contribution in [0.3, 0.4) is 0 Å². The zero-order valence-electron chi connectivity index (χ0n) is 18.8. The topological polar surface area (TPSA) is 76.8 Å². The number of hydrogen-bond donors (Lipinski definition) is 1. The highest BCUT2D eigenvalue weighted by molar-refractivity contribution is 5.92. The Hall–Kier alpha value is -3.32. The van der Waals surface area contributed by atoms with Crippen molar-refractivity contribution in [1.29, 1.82) is 0 Å². The molecule has 0 spiro atoms. The van der Waals surface area contributed by atoms with Gasteiger partial charge in [0.15, 0.2) is 17.2 Å². The second-order valence-corrected chi connectivity index (χ2v) is 8.23. The molecule has 0 saturated carbocycles. The molecule has 0 bridgehead atoms. The average Bonchev–Trinajstić information content (AvgIpc) is 3.44. The lowest BCUT2D eigenvalue weighted by molar-refractivity contribution is 0.0934. The normalized spacial score (nSPS) is 13.4. The molecule has 168 valence electrons. The molecule has 32 heavy (non-hydrogen) atoms. The Labute approximate surface area is 188 Å². The number of nitrogens with zero attached hydrogens (tertiary/aromatic N) is 2. The van der Waals surface area contributed by atoms with E-state index in [1.54, 1.807) is 0 Å². The molecule has 0 aliphatic carbocycles. The van der Waals surface area contributed by atoms with Gasteiger partial charge in [-0.15, -0.1) is 0 Å². The van der Waals surface area contributed by atoms with Crippen molar-refractivity contribution in [3.8, 4) is 11.5 Å².